The van der Waals surface area contributed by atoms with Crippen molar-refractivity contribution in [2.45, 2.75) is 6.42 Å². The third-order valence-corrected chi connectivity index (χ3v) is 3.57. The minimum Gasteiger partial charge on any atom is -0.362 e. The topological polar surface area (TPSA) is 41.1 Å². The molecule has 5 heteroatoms. The summed E-state index contributed by atoms with van der Waals surface area (Å²) < 4.78 is 0. The molecule has 0 saturated carbocycles. The van der Waals surface area contributed by atoms with Crippen LogP contribution in [0.25, 0.3) is 6.08 Å². The summed E-state index contributed by atoms with van der Waals surface area (Å²) in [7, 11) is 0. The van der Waals surface area contributed by atoms with E-state index < -0.39 is 0 Å². The van der Waals surface area contributed by atoms with E-state index in [4.69, 9.17) is 23.8 Å². The van der Waals surface area contributed by atoms with Gasteiger partial charge in [-0.3, -0.25) is 10.1 Å². The molecule has 2 N–H and O–H groups in total. The standard InChI is InChI=1S/C18H17ClN2OS/c19-16-9-6-15(7-10-16)8-11-17(22)21-18(23)20-13-12-14-4-2-1-3-5-14/h1-11H,12-13H2,(H2,20,21,22,23)/b11-8+. The molecule has 1 amide bonds. The van der Waals surface area contributed by atoms with Crippen molar-refractivity contribution < 1.29 is 4.79 Å². The van der Waals surface area contributed by atoms with E-state index in [1.54, 1.807) is 18.2 Å². The van der Waals surface area contributed by atoms with Gasteiger partial charge in [-0.2, -0.15) is 0 Å². The van der Waals surface area contributed by atoms with Crippen LogP contribution in [-0.2, 0) is 11.2 Å². The highest BCUT2D eigenvalue weighted by Gasteiger charge is 2.00. The lowest BCUT2D eigenvalue weighted by Crippen LogP contribution is -2.39. The Kier molecular flexibility index (Phi) is 6.78. The average molecular weight is 345 g/mol. The number of carbonyl (C=O) groups is 1. The quantitative estimate of drug-likeness (QED) is 0.643. The molecule has 2 aromatic rings. The number of rotatable bonds is 5. The summed E-state index contributed by atoms with van der Waals surface area (Å²) in [5, 5.41) is 6.62. The third kappa shape index (κ3) is 6.63. The maximum Gasteiger partial charge on any atom is 0.250 e. The van der Waals surface area contributed by atoms with Crippen molar-refractivity contribution >= 4 is 40.9 Å². The summed E-state index contributed by atoms with van der Waals surface area (Å²) >= 11 is 10.9. The lowest BCUT2D eigenvalue weighted by atomic mass is 10.1. The van der Waals surface area contributed by atoms with Crippen LogP contribution in [0.1, 0.15) is 11.1 Å². The Morgan fingerprint density at radius 1 is 1.09 bits per heavy atom. The number of carbonyl (C=O) groups excluding carboxylic acids is 1. The zero-order valence-electron chi connectivity index (χ0n) is 12.5. The van der Waals surface area contributed by atoms with E-state index in [1.165, 1.54) is 11.6 Å². The van der Waals surface area contributed by atoms with Crippen molar-refractivity contribution in [3.63, 3.8) is 0 Å². The van der Waals surface area contributed by atoms with Gasteiger partial charge in [-0.1, -0.05) is 54.1 Å². The second kappa shape index (κ2) is 9.08. The second-order valence-electron chi connectivity index (χ2n) is 4.87. The van der Waals surface area contributed by atoms with E-state index in [2.05, 4.69) is 22.8 Å². The van der Waals surface area contributed by atoms with Gasteiger partial charge in [0.1, 0.15) is 0 Å². The van der Waals surface area contributed by atoms with E-state index >= 15 is 0 Å². The summed E-state index contributed by atoms with van der Waals surface area (Å²) in [5.41, 5.74) is 2.12. The molecule has 0 saturated heterocycles. The van der Waals surface area contributed by atoms with Gasteiger partial charge >= 0.3 is 0 Å². The zero-order chi connectivity index (χ0) is 16.5. The first-order valence-corrected chi connectivity index (χ1v) is 7.98. The van der Waals surface area contributed by atoms with Crippen molar-refractivity contribution in [2.24, 2.45) is 0 Å². The van der Waals surface area contributed by atoms with Gasteiger partial charge in [0.25, 0.3) is 0 Å². The van der Waals surface area contributed by atoms with Gasteiger partial charge in [0.2, 0.25) is 5.91 Å². The predicted octanol–water partition coefficient (Wildman–Crippen LogP) is 3.59. The maximum absolute atomic E-state index is 11.8. The Balaban J connectivity index is 1.72. The first-order valence-electron chi connectivity index (χ1n) is 7.20. The zero-order valence-corrected chi connectivity index (χ0v) is 14.0. The van der Waals surface area contributed by atoms with Crippen LogP contribution in [0.4, 0.5) is 0 Å². The first kappa shape index (κ1) is 17.2. The number of halogens is 1. The molecule has 2 aromatic carbocycles. The molecule has 2 rings (SSSR count). The van der Waals surface area contributed by atoms with Gasteiger partial charge < -0.3 is 5.32 Å². The predicted molar refractivity (Wildman–Crippen MR) is 99.4 cm³/mol. The SMILES string of the molecule is O=C(/C=C/c1ccc(Cl)cc1)NC(=S)NCCc1ccccc1. The summed E-state index contributed by atoms with van der Waals surface area (Å²) in [6, 6.07) is 17.3. The Labute approximate surface area is 146 Å². The van der Waals surface area contributed by atoms with Gasteiger partial charge in [-0.25, -0.2) is 0 Å². The molecular formula is C18H17ClN2OS. The van der Waals surface area contributed by atoms with Gasteiger partial charge in [0, 0.05) is 17.6 Å². The molecular weight excluding hydrogens is 328 g/mol. The fraction of sp³-hybridized carbons (Fsp3) is 0.111. The molecule has 0 aliphatic heterocycles. The van der Waals surface area contributed by atoms with E-state index in [1.807, 2.05) is 30.3 Å². The molecule has 118 valence electrons. The molecule has 0 aliphatic carbocycles. The van der Waals surface area contributed by atoms with E-state index in [0.29, 0.717) is 16.7 Å². The lowest BCUT2D eigenvalue weighted by Gasteiger charge is -2.08. The largest absolute Gasteiger partial charge is 0.362 e. The van der Waals surface area contributed by atoms with E-state index in [-0.39, 0.29) is 5.91 Å². The van der Waals surface area contributed by atoms with Crippen molar-refractivity contribution in [2.75, 3.05) is 6.54 Å². The van der Waals surface area contributed by atoms with Gasteiger partial charge in [-0.05, 0) is 48.0 Å². The smallest absolute Gasteiger partial charge is 0.250 e. The van der Waals surface area contributed by atoms with Crippen LogP contribution in [0, 0.1) is 0 Å². The molecule has 23 heavy (non-hydrogen) atoms. The molecule has 0 atom stereocenters. The molecule has 0 aliphatic rings. The Morgan fingerprint density at radius 3 is 2.48 bits per heavy atom. The van der Waals surface area contributed by atoms with Crippen LogP contribution in [0.15, 0.2) is 60.7 Å². The number of thiocarbonyl (C=S) groups is 1. The van der Waals surface area contributed by atoms with E-state index in [9.17, 15) is 4.79 Å². The molecule has 0 unspecified atom stereocenters. The highest BCUT2D eigenvalue weighted by Crippen LogP contribution is 2.10. The number of hydrogen-bond acceptors (Lipinski definition) is 2. The molecule has 3 nitrogen and oxygen atoms in total. The Hall–Kier alpha value is -2.17. The first-order chi connectivity index (χ1) is 11.1. The van der Waals surface area contributed by atoms with Gasteiger partial charge in [-0.15, -0.1) is 0 Å². The highest BCUT2D eigenvalue weighted by atomic mass is 35.5. The van der Waals surface area contributed by atoms with Crippen LogP contribution >= 0.6 is 23.8 Å². The number of benzene rings is 2. The molecule has 0 heterocycles. The summed E-state index contributed by atoms with van der Waals surface area (Å²) in [4.78, 5) is 11.8. The van der Waals surface area contributed by atoms with Crippen LogP contribution in [0.2, 0.25) is 5.02 Å². The fourth-order valence-electron chi connectivity index (χ4n) is 1.91. The lowest BCUT2D eigenvalue weighted by molar-refractivity contribution is -0.115. The van der Waals surface area contributed by atoms with Crippen molar-refractivity contribution in [3.8, 4) is 0 Å². The average Bonchev–Trinajstić information content (AvgIpc) is 2.55. The van der Waals surface area contributed by atoms with Crippen molar-refractivity contribution in [1.82, 2.24) is 10.6 Å². The molecule has 0 fully saturated rings. The molecule has 0 radical (unpaired) electrons. The Bertz CT molecular complexity index is 684. The van der Waals surface area contributed by atoms with Crippen LogP contribution < -0.4 is 10.6 Å². The second-order valence-corrected chi connectivity index (χ2v) is 5.71. The van der Waals surface area contributed by atoms with Crippen LogP contribution in [0.5, 0.6) is 0 Å². The normalized spacial score (nSPS) is 10.5. The van der Waals surface area contributed by atoms with Crippen LogP contribution in [-0.4, -0.2) is 17.6 Å². The van der Waals surface area contributed by atoms with Gasteiger partial charge in [0.15, 0.2) is 5.11 Å². The molecule has 0 bridgehead atoms. The van der Waals surface area contributed by atoms with Crippen molar-refractivity contribution in [3.05, 3.63) is 76.8 Å². The van der Waals surface area contributed by atoms with E-state index in [0.717, 1.165) is 12.0 Å². The van der Waals surface area contributed by atoms with Gasteiger partial charge in [0.05, 0.1) is 0 Å². The van der Waals surface area contributed by atoms with Crippen molar-refractivity contribution in [1.29, 1.82) is 0 Å². The number of hydrogen-bond donors (Lipinski definition) is 2. The Morgan fingerprint density at radius 2 is 1.78 bits per heavy atom. The molecule has 0 aromatic heterocycles. The van der Waals surface area contributed by atoms with Crippen LogP contribution in [0.3, 0.4) is 0 Å². The summed E-state index contributed by atoms with van der Waals surface area (Å²) in [5.74, 6) is -0.267. The molecule has 0 spiro atoms. The fourth-order valence-corrected chi connectivity index (χ4v) is 2.24. The minimum atomic E-state index is -0.267. The number of nitrogens with one attached hydrogen (secondary N) is 2. The number of amides is 1. The third-order valence-electron chi connectivity index (χ3n) is 3.08. The highest BCUT2D eigenvalue weighted by molar-refractivity contribution is 7.80. The maximum atomic E-state index is 11.8. The minimum absolute atomic E-state index is 0.267. The summed E-state index contributed by atoms with van der Waals surface area (Å²) in [6.45, 7) is 0.671. The monoisotopic (exact) mass is 344 g/mol. The summed E-state index contributed by atoms with van der Waals surface area (Å²) in [6.07, 6.45) is 3.99.